The van der Waals surface area contributed by atoms with Crippen molar-refractivity contribution in [3.8, 4) is 5.88 Å². The van der Waals surface area contributed by atoms with Crippen molar-refractivity contribution < 1.29 is 14.6 Å². The van der Waals surface area contributed by atoms with E-state index in [2.05, 4.69) is 15.6 Å². The molecule has 31 heavy (non-hydrogen) atoms. The van der Waals surface area contributed by atoms with Crippen molar-refractivity contribution in [3.63, 3.8) is 0 Å². The zero-order valence-corrected chi connectivity index (χ0v) is 18.0. The van der Waals surface area contributed by atoms with E-state index in [1.807, 2.05) is 72.8 Å². The van der Waals surface area contributed by atoms with Crippen LogP contribution in [0.3, 0.4) is 0 Å². The highest BCUT2D eigenvalue weighted by atomic mass is 16.5. The van der Waals surface area contributed by atoms with Gasteiger partial charge in [-0.05, 0) is 49.2 Å². The number of pyridine rings is 1. The first-order valence-corrected chi connectivity index (χ1v) is 10.4. The monoisotopic (exact) mass is 421 g/mol. The molecule has 6 nitrogen and oxygen atoms in total. The van der Waals surface area contributed by atoms with Crippen LogP contribution in [0.2, 0.25) is 0 Å². The molecule has 1 heterocycles. The van der Waals surface area contributed by atoms with Crippen molar-refractivity contribution in [2.75, 3.05) is 32.1 Å². The fraction of sp³-hybridized carbons (Fsp3) is 0.280. The van der Waals surface area contributed by atoms with Crippen LogP contribution in [0.1, 0.15) is 17.5 Å². The second kappa shape index (κ2) is 14.6. The highest BCUT2D eigenvalue weighted by Gasteiger charge is 2.02. The molecule has 2 aromatic carbocycles. The van der Waals surface area contributed by atoms with Crippen molar-refractivity contribution in [2.24, 2.45) is 0 Å². The molecule has 0 saturated carbocycles. The van der Waals surface area contributed by atoms with Crippen molar-refractivity contribution in [2.45, 2.75) is 19.3 Å². The Morgan fingerprint density at radius 2 is 1.65 bits per heavy atom. The third kappa shape index (κ3) is 10.3. The molecule has 0 atom stereocenters. The molecule has 164 valence electrons. The number of aromatic nitrogens is 1. The lowest BCUT2D eigenvalue weighted by Crippen LogP contribution is -2.20. The van der Waals surface area contributed by atoms with Crippen LogP contribution in [0.25, 0.3) is 0 Å². The number of hydrogen-bond acceptors (Lipinski definition) is 5. The number of anilines is 1. The van der Waals surface area contributed by atoms with Gasteiger partial charge in [0.15, 0.2) is 0 Å². The number of carbonyl (C=O) groups is 1. The second-order valence-electron chi connectivity index (χ2n) is 6.89. The number of nitrogens with one attached hydrogen (secondary N) is 2. The molecule has 0 spiro atoms. The molecule has 0 aliphatic heterocycles. The van der Waals surface area contributed by atoms with Gasteiger partial charge >= 0.3 is 5.97 Å². The van der Waals surface area contributed by atoms with Gasteiger partial charge in [0.2, 0.25) is 5.88 Å². The van der Waals surface area contributed by atoms with Gasteiger partial charge in [-0.15, -0.1) is 0 Å². The minimum absolute atomic E-state index is 0.0742. The first-order chi connectivity index (χ1) is 15.2. The molecule has 3 rings (SSSR count). The molecule has 0 aliphatic carbocycles. The maximum Gasteiger partial charge on any atom is 0.307 e. The minimum Gasteiger partial charge on any atom is -0.481 e. The van der Waals surface area contributed by atoms with Crippen molar-refractivity contribution in [3.05, 3.63) is 90.1 Å². The number of rotatable bonds is 11. The van der Waals surface area contributed by atoms with Crippen LogP contribution >= 0.6 is 0 Å². The number of carboxylic acids is 1. The summed E-state index contributed by atoms with van der Waals surface area (Å²) in [6.45, 7) is 2.61. The number of aliphatic carboxylic acids is 1. The summed E-state index contributed by atoms with van der Waals surface area (Å²) in [5, 5.41) is 15.6. The summed E-state index contributed by atoms with van der Waals surface area (Å²) in [6.07, 6.45) is 3.65. The summed E-state index contributed by atoms with van der Waals surface area (Å²) in [4.78, 5) is 14.9. The topological polar surface area (TPSA) is 83.5 Å². The largest absolute Gasteiger partial charge is 0.481 e. The van der Waals surface area contributed by atoms with Gasteiger partial charge in [-0.1, -0.05) is 60.7 Å². The molecule has 3 aromatic rings. The SMILES string of the molecule is COc1ncccc1NCCCNCCc1cccc(CC(=O)O)c1.c1ccccc1. The average Bonchev–Trinajstić information content (AvgIpc) is 2.80. The lowest BCUT2D eigenvalue weighted by molar-refractivity contribution is -0.136. The Balaban J connectivity index is 0.000000488. The van der Waals surface area contributed by atoms with Crippen LogP contribution in [0.4, 0.5) is 5.69 Å². The van der Waals surface area contributed by atoms with Crippen molar-refractivity contribution in [1.29, 1.82) is 0 Å². The zero-order valence-electron chi connectivity index (χ0n) is 18.0. The fourth-order valence-corrected chi connectivity index (χ4v) is 2.94. The molecular weight excluding hydrogens is 390 g/mol. The predicted octanol–water partition coefficient (Wildman–Crippen LogP) is 4.04. The number of hydrogen-bond donors (Lipinski definition) is 3. The van der Waals surface area contributed by atoms with Crippen LogP contribution in [-0.2, 0) is 17.6 Å². The molecule has 0 aliphatic rings. The number of methoxy groups -OCH3 is 1. The Hall–Kier alpha value is -3.38. The zero-order chi connectivity index (χ0) is 22.2. The quantitative estimate of drug-likeness (QED) is 0.405. The highest BCUT2D eigenvalue weighted by molar-refractivity contribution is 5.70. The van der Waals surface area contributed by atoms with Crippen molar-refractivity contribution >= 4 is 11.7 Å². The summed E-state index contributed by atoms with van der Waals surface area (Å²) in [7, 11) is 1.61. The molecule has 1 aromatic heterocycles. The molecular formula is C25H31N3O3. The van der Waals surface area contributed by atoms with Crippen molar-refractivity contribution in [1.82, 2.24) is 10.3 Å². The van der Waals surface area contributed by atoms with E-state index >= 15 is 0 Å². The van der Waals surface area contributed by atoms with Gasteiger partial charge in [0.05, 0.1) is 19.2 Å². The van der Waals surface area contributed by atoms with E-state index in [0.29, 0.717) is 5.88 Å². The first-order valence-electron chi connectivity index (χ1n) is 10.4. The Kier molecular flexibility index (Phi) is 11.2. The van der Waals surface area contributed by atoms with Gasteiger partial charge in [0, 0.05) is 12.7 Å². The van der Waals surface area contributed by atoms with Gasteiger partial charge in [-0.2, -0.15) is 0 Å². The lowest BCUT2D eigenvalue weighted by atomic mass is 10.1. The third-order valence-electron chi connectivity index (χ3n) is 4.41. The van der Waals surface area contributed by atoms with Gasteiger partial charge < -0.3 is 20.5 Å². The van der Waals surface area contributed by atoms with E-state index in [4.69, 9.17) is 9.84 Å². The van der Waals surface area contributed by atoms with E-state index in [0.717, 1.165) is 49.3 Å². The molecule has 3 N–H and O–H groups in total. The Labute approximate surface area is 184 Å². The van der Waals surface area contributed by atoms with Crippen LogP contribution < -0.4 is 15.4 Å². The number of nitrogens with zero attached hydrogens (tertiary/aromatic N) is 1. The van der Waals surface area contributed by atoms with Gasteiger partial charge in [-0.3, -0.25) is 4.79 Å². The summed E-state index contributed by atoms with van der Waals surface area (Å²) < 4.78 is 5.20. The molecule has 6 heteroatoms. The van der Waals surface area contributed by atoms with E-state index in [-0.39, 0.29) is 6.42 Å². The molecule has 0 saturated heterocycles. The van der Waals surface area contributed by atoms with Crippen LogP contribution in [0.5, 0.6) is 5.88 Å². The first kappa shape index (κ1) is 23.9. The number of benzene rings is 2. The van der Waals surface area contributed by atoms with Gasteiger partial charge in [0.1, 0.15) is 0 Å². The summed E-state index contributed by atoms with van der Waals surface area (Å²) in [5.74, 6) is -0.190. The van der Waals surface area contributed by atoms with Crippen LogP contribution in [-0.4, -0.2) is 42.8 Å². The summed E-state index contributed by atoms with van der Waals surface area (Å²) in [5.41, 5.74) is 2.91. The fourth-order valence-electron chi connectivity index (χ4n) is 2.94. The average molecular weight is 422 g/mol. The third-order valence-corrected chi connectivity index (χ3v) is 4.41. The standard InChI is InChI=1S/C19H25N3O3.C6H6/c1-25-19-17(7-3-10-22-19)21-11-4-9-20-12-8-15-5-2-6-16(13-15)14-18(23)24;1-2-4-6-5-3-1/h2-3,5-7,10,13,20-21H,4,8-9,11-12,14H2,1H3,(H,23,24);1-6H. The Morgan fingerprint density at radius 1 is 0.935 bits per heavy atom. The highest BCUT2D eigenvalue weighted by Crippen LogP contribution is 2.19. The smallest absolute Gasteiger partial charge is 0.307 e. The van der Waals surface area contributed by atoms with Crippen LogP contribution in [0.15, 0.2) is 79.0 Å². The number of ether oxygens (including phenoxy) is 1. The Morgan fingerprint density at radius 3 is 2.32 bits per heavy atom. The predicted molar refractivity (Wildman–Crippen MR) is 125 cm³/mol. The van der Waals surface area contributed by atoms with E-state index in [9.17, 15) is 4.79 Å². The summed E-state index contributed by atoms with van der Waals surface area (Å²) in [6, 6.07) is 23.6. The molecule has 0 bridgehead atoms. The minimum atomic E-state index is -0.798. The second-order valence-corrected chi connectivity index (χ2v) is 6.89. The molecule has 0 amide bonds. The molecule has 0 unspecified atom stereocenters. The Bertz CT molecular complexity index is 861. The van der Waals surface area contributed by atoms with Gasteiger partial charge in [-0.25, -0.2) is 4.98 Å². The number of carboxylic acid groups (broad SMARTS) is 1. The van der Waals surface area contributed by atoms with Crippen LogP contribution in [0, 0.1) is 0 Å². The lowest BCUT2D eigenvalue weighted by Gasteiger charge is -2.10. The van der Waals surface area contributed by atoms with E-state index in [1.54, 1.807) is 13.3 Å². The van der Waals surface area contributed by atoms with Gasteiger partial charge in [0.25, 0.3) is 0 Å². The summed E-state index contributed by atoms with van der Waals surface area (Å²) >= 11 is 0. The molecule has 0 radical (unpaired) electrons. The molecule has 0 fully saturated rings. The maximum absolute atomic E-state index is 10.8. The van der Waals surface area contributed by atoms with E-state index in [1.165, 1.54) is 0 Å². The van der Waals surface area contributed by atoms with E-state index < -0.39 is 5.97 Å². The normalized spacial score (nSPS) is 9.97. The maximum atomic E-state index is 10.8.